The Morgan fingerprint density at radius 1 is 1.08 bits per heavy atom. The van der Waals surface area contributed by atoms with Gasteiger partial charge in [-0.15, -0.1) is 0 Å². The Bertz CT molecular complexity index is 469. The van der Waals surface area contributed by atoms with Gasteiger partial charge in [0.05, 0.1) is 6.10 Å². The van der Waals surface area contributed by atoms with E-state index in [0.29, 0.717) is 11.7 Å². The van der Waals surface area contributed by atoms with Crippen LogP contribution < -0.4 is 0 Å². The molecule has 1 saturated heterocycles. The van der Waals surface area contributed by atoms with Gasteiger partial charge in [-0.25, -0.2) is 4.79 Å². The summed E-state index contributed by atoms with van der Waals surface area (Å²) in [5.41, 5.74) is 0.234. The van der Waals surface area contributed by atoms with Crippen LogP contribution >= 0.6 is 0 Å². The van der Waals surface area contributed by atoms with E-state index in [1.165, 1.54) is 12.8 Å². The zero-order valence-corrected chi connectivity index (χ0v) is 16.3. The molecule has 0 radical (unpaired) electrons. The molecule has 24 heavy (non-hydrogen) atoms. The number of aliphatic carboxylic acids is 1. The predicted octanol–water partition coefficient (Wildman–Crippen LogP) is 4.80. The number of carboxylic acids is 1. The zero-order chi connectivity index (χ0) is 18.1. The van der Waals surface area contributed by atoms with Crippen LogP contribution in [0.15, 0.2) is 11.6 Å². The molecule has 2 fully saturated rings. The third-order valence-corrected chi connectivity index (χ3v) is 5.66. The molecule has 0 aromatic heterocycles. The summed E-state index contributed by atoms with van der Waals surface area (Å²) in [6.45, 7) is 12.9. The van der Waals surface area contributed by atoms with Gasteiger partial charge < -0.3 is 5.11 Å². The lowest BCUT2D eigenvalue weighted by molar-refractivity contribution is -0.313. The standard InChI is InChI=1S/C20H35NO3/c1-14-7-9-17(10-8-14)24-21-19(3,4)12-16(13-20(21,5)6)11-15(2)18(22)23/h11,14,16-17H,7-10,12-13H2,1-6H3,(H,22,23). The summed E-state index contributed by atoms with van der Waals surface area (Å²) in [5, 5.41) is 11.4. The maximum atomic E-state index is 11.1. The van der Waals surface area contributed by atoms with Gasteiger partial charge in [-0.05, 0) is 85.0 Å². The fourth-order valence-corrected chi connectivity index (χ4v) is 4.65. The average Bonchev–Trinajstić information content (AvgIpc) is 2.43. The van der Waals surface area contributed by atoms with Gasteiger partial charge >= 0.3 is 5.97 Å². The SMILES string of the molecule is CC(=CC1CC(C)(C)N(OC2CCC(C)CC2)C(C)(C)C1)C(=O)O. The van der Waals surface area contributed by atoms with Crippen molar-refractivity contribution in [2.24, 2.45) is 11.8 Å². The minimum absolute atomic E-state index is 0.106. The van der Waals surface area contributed by atoms with Crippen molar-refractivity contribution < 1.29 is 14.7 Å². The van der Waals surface area contributed by atoms with Gasteiger partial charge in [0, 0.05) is 16.7 Å². The molecule has 1 N–H and O–H groups in total. The highest BCUT2D eigenvalue weighted by molar-refractivity contribution is 5.85. The van der Waals surface area contributed by atoms with E-state index in [0.717, 1.165) is 31.6 Å². The molecule has 2 rings (SSSR count). The van der Waals surface area contributed by atoms with Crippen LogP contribution in [-0.4, -0.2) is 33.3 Å². The van der Waals surface area contributed by atoms with E-state index < -0.39 is 5.97 Å². The zero-order valence-electron chi connectivity index (χ0n) is 16.3. The van der Waals surface area contributed by atoms with Crippen molar-refractivity contribution in [3.63, 3.8) is 0 Å². The van der Waals surface area contributed by atoms with Crippen molar-refractivity contribution >= 4 is 5.97 Å². The fraction of sp³-hybridized carbons (Fsp3) is 0.850. The lowest BCUT2D eigenvalue weighted by Crippen LogP contribution is -2.61. The number of carbonyl (C=O) groups is 1. The monoisotopic (exact) mass is 337 g/mol. The molecule has 0 aromatic carbocycles. The molecule has 0 spiro atoms. The van der Waals surface area contributed by atoms with Crippen molar-refractivity contribution in [3.8, 4) is 0 Å². The Kier molecular flexibility index (Phi) is 5.81. The Morgan fingerprint density at radius 2 is 1.58 bits per heavy atom. The Balaban J connectivity index is 2.10. The lowest BCUT2D eigenvalue weighted by Gasteiger charge is -2.54. The van der Waals surface area contributed by atoms with Crippen molar-refractivity contribution in [2.45, 2.75) is 97.2 Å². The molecule has 138 valence electrons. The van der Waals surface area contributed by atoms with Crippen molar-refractivity contribution in [3.05, 3.63) is 11.6 Å². The highest BCUT2D eigenvalue weighted by Crippen LogP contribution is 2.43. The number of hydroxylamine groups is 2. The maximum absolute atomic E-state index is 11.1. The van der Waals surface area contributed by atoms with Gasteiger partial charge in [-0.2, -0.15) is 5.06 Å². The summed E-state index contributed by atoms with van der Waals surface area (Å²) in [7, 11) is 0. The summed E-state index contributed by atoms with van der Waals surface area (Å²) in [5.74, 6) is 0.277. The highest BCUT2D eigenvalue weighted by atomic mass is 16.7. The second-order valence-electron chi connectivity index (χ2n) is 9.23. The van der Waals surface area contributed by atoms with Gasteiger partial charge in [0.1, 0.15) is 0 Å². The van der Waals surface area contributed by atoms with Crippen LogP contribution in [0.5, 0.6) is 0 Å². The number of nitrogens with zero attached hydrogens (tertiary/aromatic N) is 1. The lowest BCUT2D eigenvalue weighted by atomic mass is 9.74. The minimum atomic E-state index is -0.819. The van der Waals surface area contributed by atoms with E-state index in [9.17, 15) is 4.79 Å². The average molecular weight is 338 g/mol. The molecular formula is C20H35NO3. The minimum Gasteiger partial charge on any atom is -0.478 e. The first-order valence-electron chi connectivity index (χ1n) is 9.40. The van der Waals surface area contributed by atoms with Gasteiger partial charge in [0.15, 0.2) is 0 Å². The highest BCUT2D eigenvalue weighted by Gasteiger charge is 2.47. The van der Waals surface area contributed by atoms with Gasteiger partial charge in [-0.3, -0.25) is 4.84 Å². The first kappa shape index (κ1) is 19.5. The molecule has 0 unspecified atom stereocenters. The molecule has 0 atom stereocenters. The Morgan fingerprint density at radius 3 is 2.04 bits per heavy atom. The van der Waals surface area contributed by atoms with Crippen LogP contribution in [0.2, 0.25) is 0 Å². The molecule has 1 aliphatic heterocycles. The van der Waals surface area contributed by atoms with Crippen molar-refractivity contribution in [2.75, 3.05) is 0 Å². The van der Waals surface area contributed by atoms with E-state index >= 15 is 0 Å². The normalized spacial score (nSPS) is 31.8. The van der Waals surface area contributed by atoms with E-state index in [1.807, 2.05) is 6.08 Å². The Labute approximate surface area is 147 Å². The van der Waals surface area contributed by atoms with Gasteiger partial charge in [-0.1, -0.05) is 13.0 Å². The van der Waals surface area contributed by atoms with E-state index in [-0.39, 0.29) is 17.0 Å². The number of allylic oxidation sites excluding steroid dienone is 1. The Hall–Kier alpha value is -0.870. The third-order valence-electron chi connectivity index (χ3n) is 5.66. The molecule has 2 aliphatic rings. The fourth-order valence-electron chi connectivity index (χ4n) is 4.65. The van der Waals surface area contributed by atoms with Crippen LogP contribution in [0.25, 0.3) is 0 Å². The van der Waals surface area contributed by atoms with E-state index in [1.54, 1.807) is 6.92 Å². The summed E-state index contributed by atoms with van der Waals surface area (Å²) < 4.78 is 0. The first-order valence-corrected chi connectivity index (χ1v) is 9.40. The van der Waals surface area contributed by atoms with Crippen molar-refractivity contribution in [1.82, 2.24) is 5.06 Å². The number of carboxylic acid groups (broad SMARTS) is 1. The molecule has 1 saturated carbocycles. The summed E-state index contributed by atoms with van der Waals surface area (Å²) >= 11 is 0. The van der Waals surface area contributed by atoms with Gasteiger partial charge in [0.25, 0.3) is 0 Å². The summed E-state index contributed by atoms with van der Waals surface area (Å²) in [4.78, 5) is 17.7. The predicted molar refractivity (Wildman–Crippen MR) is 96.6 cm³/mol. The largest absolute Gasteiger partial charge is 0.478 e. The van der Waals surface area contributed by atoms with Crippen LogP contribution in [0, 0.1) is 11.8 Å². The molecule has 1 heterocycles. The third kappa shape index (κ3) is 4.60. The number of rotatable bonds is 4. The number of hydrogen-bond acceptors (Lipinski definition) is 3. The first-order chi connectivity index (χ1) is 11.0. The smallest absolute Gasteiger partial charge is 0.330 e. The molecular weight excluding hydrogens is 302 g/mol. The number of piperidine rings is 1. The molecule has 0 bridgehead atoms. The van der Waals surface area contributed by atoms with E-state index in [4.69, 9.17) is 9.94 Å². The van der Waals surface area contributed by atoms with Crippen molar-refractivity contribution in [1.29, 1.82) is 0 Å². The van der Waals surface area contributed by atoms with Crippen LogP contribution in [0.1, 0.15) is 80.1 Å². The van der Waals surface area contributed by atoms with Crippen LogP contribution in [0.3, 0.4) is 0 Å². The summed E-state index contributed by atoms with van der Waals surface area (Å²) in [6, 6.07) is 0. The molecule has 1 aliphatic carbocycles. The maximum Gasteiger partial charge on any atom is 0.330 e. The molecule has 0 amide bonds. The second kappa shape index (κ2) is 7.17. The molecule has 4 nitrogen and oxygen atoms in total. The summed E-state index contributed by atoms with van der Waals surface area (Å²) in [6.07, 6.45) is 8.90. The quantitative estimate of drug-likeness (QED) is 0.749. The van der Waals surface area contributed by atoms with Crippen LogP contribution in [0.4, 0.5) is 0 Å². The van der Waals surface area contributed by atoms with Crippen LogP contribution in [-0.2, 0) is 9.63 Å². The van der Waals surface area contributed by atoms with Gasteiger partial charge in [0.2, 0.25) is 0 Å². The number of hydrogen-bond donors (Lipinski definition) is 1. The molecule has 4 heteroatoms. The second-order valence-corrected chi connectivity index (χ2v) is 9.23. The topological polar surface area (TPSA) is 49.8 Å². The molecule has 0 aromatic rings. The van der Waals surface area contributed by atoms with E-state index in [2.05, 4.69) is 39.7 Å².